The van der Waals surface area contributed by atoms with Crippen LogP contribution in [0.5, 0.6) is 0 Å². The molecule has 0 saturated heterocycles. The first kappa shape index (κ1) is 15.6. The molecule has 0 bridgehead atoms. The Morgan fingerprint density at radius 3 is 2.58 bits per heavy atom. The zero-order valence-corrected chi connectivity index (χ0v) is 12.5. The molecule has 0 fully saturated rings. The number of carboxylic acids is 1. The molecule has 0 aliphatic carbocycles. The molecule has 2 N–H and O–H groups in total. The number of amides is 1. The number of thiazole rings is 1. The van der Waals surface area contributed by atoms with Crippen molar-refractivity contribution in [3.63, 3.8) is 0 Å². The summed E-state index contributed by atoms with van der Waals surface area (Å²) in [5, 5.41) is 11.6. The van der Waals surface area contributed by atoms with Gasteiger partial charge in [0.05, 0.1) is 11.2 Å². The SMILES string of the molecule is CCCC(NC(=O)c1scnc1C(C)(C)C)C(=O)O. The molecule has 0 aliphatic rings. The number of hydrogen-bond donors (Lipinski definition) is 2. The van der Waals surface area contributed by atoms with Crippen molar-refractivity contribution in [2.24, 2.45) is 0 Å². The molecule has 0 aliphatic heterocycles. The lowest BCUT2D eigenvalue weighted by Gasteiger charge is -2.18. The maximum Gasteiger partial charge on any atom is 0.326 e. The number of carboxylic acid groups (broad SMARTS) is 1. The van der Waals surface area contributed by atoms with Crippen LogP contribution in [-0.4, -0.2) is 28.0 Å². The Kier molecular flexibility index (Phi) is 5.05. The lowest BCUT2D eigenvalue weighted by atomic mass is 9.91. The van der Waals surface area contributed by atoms with Crippen LogP contribution in [0.3, 0.4) is 0 Å². The van der Waals surface area contributed by atoms with Crippen molar-refractivity contribution in [1.82, 2.24) is 10.3 Å². The number of hydrogen-bond acceptors (Lipinski definition) is 4. The number of carbonyl (C=O) groups is 2. The smallest absolute Gasteiger partial charge is 0.326 e. The van der Waals surface area contributed by atoms with Gasteiger partial charge in [0.2, 0.25) is 0 Å². The van der Waals surface area contributed by atoms with Crippen molar-refractivity contribution in [2.45, 2.75) is 52.0 Å². The van der Waals surface area contributed by atoms with Crippen LogP contribution < -0.4 is 5.32 Å². The van der Waals surface area contributed by atoms with Crippen LogP contribution in [0.4, 0.5) is 0 Å². The third kappa shape index (κ3) is 4.02. The average molecular weight is 284 g/mol. The fourth-order valence-corrected chi connectivity index (χ4v) is 2.61. The van der Waals surface area contributed by atoms with Gasteiger partial charge >= 0.3 is 5.97 Å². The van der Waals surface area contributed by atoms with Gasteiger partial charge in [-0.25, -0.2) is 9.78 Å². The highest BCUT2D eigenvalue weighted by Crippen LogP contribution is 2.27. The van der Waals surface area contributed by atoms with E-state index in [-0.39, 0.29) is 11.3 Å². The maximum absolute atomic E-state index is 12.2. The van der Waals surface area contributed by atoms with Crippen molar-refractivity contribution in [3.05, 3.63) is 16.1 Å². The quantitative estimate of drug-likeness (QED) is 0.870. The van der Waals surface area contributed by atoms with E-state index >= 15 is 0 Å². The maximum atomic E-state index is 12.2. The first-order valence-corrected chi connectivity index (χ1v) is 7.13. The summed E-state index contributed by atoms with van der Waals surface area (Å²) in [6.07, 6.45) is 1.12. The molecule has 1 aromatic rings. The van der Waals surface area contributed by atoms with Crippen molar-refractivity contribution < 1.29 is 14.7 Å². The van der Waals surface area contributed by atoms with Gasteiger partial charge in [-0.05, 0) is 6.42 Å². The van der Waals surface area contributed by atoms with Gasteiger partial charge in [-0.1, -0.05) is 34.1 Å². The summed E-state index contributed by atoms with van der Waals surface area (Å²) in [6, 6.07) is -0.840. The summed E-state index contributed by atoms with van der Waals surface area (Å²) in [5.41, 5.74) is 2.08. The van der Waals surface area contributed by atoms with Crippen LogP contribution in [-0.2, 0) is 10.2 Å². The lowest BCUT2D eigenvalue weighted by molar-refractivity contribution is -0.139. The highest BCUT2D eigenvalue weighted by atomic mass is 32.1. The second kappa shape index (κ2) is 6.14. The zero-order valence-electron chi connectivity index (χ0n) is 11.7. The molecule has 19 heavy (non-hydrogen) atoms. The molecule has 106 valence electrons. The molecule has 1 heterocycles. The van der Waals surface area contributed by atoms with Crippen LogP contribution >= 0.6 is 11.3 Å². The van der Waals surface area contributed by atoms with Crippen molar-refractivity contribution in [3.8, 4) is 0 Å². The monoisotopic (exact) mass is 284 g/mol. The molecule has 6 heteroatoms. The van der Waals surface area contributed by atoms with Gasteiger partial charge in [-0.15, -0.1) is 11.3 Å². The van der Waals surface area contributed by atoms with Gasteiger partial charge < -0.3 is 10.4 Å². The summed E-state index contributed by atoms with van der Waals surface area (Å²) >= 11 is 1.24. The molecule has 1 atom stereocenters. The van der Waals surface area contributed by atoms with Crippen LogP contribution in [0.1, 0.15) is 55.9 Å². The van der Waals surface area contributed by atoms with E-state index in [0.717, 1.165) is 0 Å². The minimum Gasteiger partial charge on any atom is -0.480 e. The molecule has 0 radical (unpaired) electrons. The summed E-state index contributed by atoms with van der Waals surface area (Å²) in [5.74, 6) is -1.36. The molecule has 5 nitrogen and oxygen atoms in total. The summed E-state index contributed by atoms with van der Waals surface area (Å²) < 4.78 is 0. The summed E-state index contributed by atoms with van der Waals surface area (Å²) in [4.78, 5) is 27.9. The first-order chi connectivity index (χ1) is 8.77. The Balaban J connectivity index is 2.89. The number of aromatic nitrogens is 1. The minimum absolute atomic E-state index is 0.240. The number of nitrogens with zero attached hydrogens (tertiary/aromatic N) is 1. The molecular formula is C13H20N2O3S. The van der Waals surface area contributed by atoms with Crippen LogP contribution in [0.2, 0.25) is 0 Å². The molecule has 1 rings (SSSR count). The van der Waals surface area contributed by atoms with Gasteiger partial charge in [0, 0.05) is 5.41 Å². The lowest BCUT2D eigenvalue weighted by Crippen LogP contribution is -2.41. The molecule has 0 saturated carbocycles. The van der Waals surface area contributed by atoms with E-state index < -0.39 is 12.0 Å². The van der Waals surface area contributed by atoms with E-state index in [1.807, 2.05) is 27.7 Å². The Morgan fingerprint density at radius 1 is 1.47 bits per heavy atom. The van der Waals surface area contributed by atoms with Gasteiger partial charge in [0.1, 0.15) is 10.9 Å². The third-order valence-corrected chi connectivity index (χ3v) is 3.49. The van der Waals surface area contributed by atoms with Gasteiger partial charge in [-0.3, -0.25) is 4.79 Å². The van der Waals surface area contributed by atoms with Crippen LogP contribution in [0.25, 0.3) is 0 Å². The predicted octanol–water partition coefficient (Wildman–Crippen LogP) is 2.42. The topological polar surface area (TPSA) is 79.3 Å². The minimum atomic E-state index is -1.00. The third-order valence-electron chi connectivity index (χ3n) is 2.66. The Hall–Kier alpha value is -1.43. The molecule has 1 amide bonds. The average Bonchev–Trinajstić information content (AvgIpc) is 2.76. The van der Waals surface area contributed by atoms with Gasteiger partial charge in [-0.2, -0.15) is 0 Å². The van der Waals surface area contributed by atoms with E-state index in [2.05, 4.69) is 10.3 Å². The van der Waals surface area contributed by atoms with E-state index in [1.165, 1.54) is 11.3 Å². The Labute approximate surface area is 117 Å². The first-order valence-electron chi connectivity index (χ1n) is 6.25. The van der Waals surface area contributed by atoms with E-state index in [1.54, 1.807) is 5.51 Å². The number of aliphatic carboxylic acids is 1. The van der Waals surface area contributed by atoms with Crippen molar-refractivity contribution >= 4 is 23.2 Å². The predicted molar refractivity (Wildman–Crippen MR) is 74.6 cm³/mol. The van der Waals surface area contributed by atoms with Crippen molar-refractivity contribution in [1.29, 1.82) is 0 Å². The van der Waals surface area contributed by atoms with Crippen LogP contribution in [0.15, 0.2) is 5.51 Å². The highest BCUT2D eigenvalue weighted by Gasteiger charge is 2.27. The standard InChI is InChI=1S/C13H20N2O3S/c1-5-6-8(12(17)18)15-11(16)9-10(13(2,3)4)14-7-19-9/h7-8H,5-6H2,1-4H3,(H,15,16)(H,17,18). The van der Waals surface area contributed by atoms with E-state index in [0.29, 0.717) is 23.4 Å². The Morgan fingerprint density at radius 2 is 2.11 bits per heavy atom. The number of nitrogens with one attached hydrogen (secondary N) is 1. The Bertz CT molecular complexity index is 463. The largest absolute Gasteiger partial charge is 0.480 e. The summed E-state index contributed by atoms with van der Waals surface area (Å²) in [7, 11) is 0. The zero-order chi connectivity index (χ0) is 14.6. The van der Waals surface area contributed by atoms with Crippen LogP contribution in [0, 0.1) is 0 Å². The highest BCUT2D eigenvalue weighted by molar-refractivity contribution is 7.11. The normalized spacial score (nSPS) is 13.1. The molecule has 1 aromatic heterocycles. The van der Waals surface area contributed by atoms with Crippen molar-refractivity contribution in [2.75, 3.05) is 0 Å². The fraction of sp³-hybridized carbons (Fsp3) is 0.615. The molecule has 0 spiro atoms. The van der Waals surface area contributed by atoms with E-state index in [9.17, 15) is 9.59 Å². The van der Waals surface area contributed by atoms with Gasteiger partial charge in [0.25, 0.3) is 5.91 Å². The summed E-state index contributed by atoms with van der Waals surface area (Å²) in [6.45, 7) is 7.80. The van der Waals surface area contributed by atoms with E-state index in [4.69, 9.17) is 5.11 Å². The molecular weight excluding hydrogens is 264 g/mol. The number of rotatable bonds is 5. The second-order valence-corrected chi connectivity index (χ2v) is 6.29. The fourth-order valence-electron chi connectivity index (χ4n) is 1.71. The molecule has 0 aromatic carbocycles. The number of carbonyl (C=O) groups excluding carboxylic acids is 1. The van der Waals surface area contributed by atoms with Gasteiger partial charge in [0.15, 0.2) is 0 Å². The second-order valence-electron chi connectivity index (χ2n) is 5.43. The molecule has 1 unspecified atom stereocenters.